The van der Waals surface area contributed by atoms with Crippen molar-refractivity contribution in [1.82, 2.24) is 10.2 Å². The summed E-state index contributed by atoms with van der Waals surface area (Å²) in [5, 5.41) is 3.40. The summed E-state index contributed by atoms with van der Waals surface area (Å²) in [6.45, 7) is 7.15. The summed E-state index contributed by atoms with van der Waals surface area (Å²) >= 11 is 0. The van der Waals surface area contributed by atoms with E-state index in [2.05, 4.69) is 19.2 Å². The van der Waals surface area contributed by atoms with E-state index in [0.29, 0.717) is 5.91 Å². The van der Waals surface area contributed by atoms with Crippen LogP contribution in [0.2, 0.25) is 0 Å². The van der Waals surface area contributed by atoms with Gasteiger partial charge in [0, 0.05) is 6.54 Å². The van der Waals surface area contributed by atoms with Crippen molar-refractivity contribution in [3.05, 3.63) is 0 Å². The molecule has 1 aliphatic heterocycles. The third-order valence-corrected chi connectivity index (χ3v) is 2.92. The van der Waals surface area contributed by atoms with Gasteiger partial charge in [0.2, 0.25) is 5.91 Å². The summed E-state index contributed by atoms with van der Waals surface area (Å²) < 4.78 is 0. The molecule has 0 radical (unpaired) electrons. The van der Waals surface area contributed by atoms with Crippen molar-refractivity contribution in [1.29, 1.82) is 0 Å². The van der Waals surface area contributed by atoms with Crippen molar-refractivity contribution >= 4 is 5.91 Å². The maximum Gasteiger partial charge on any atom is 0.241 e. The minimum absolute atomic E-state index is 0.0832. The van der Waals surface area contributed by atoms with E-state index in [4.69, 9.17) is 0 Å². The van der Waals surface area contributed by atoms with Crippen LogP contribution in [0.15, 0.2) is 0 Å². The lowest BCUT2D eigenvalue weighted by Gasteiger charge is -2.20. The van der Waals surface area contributed by atoms with Gasteiger partial charge < -0.3 is 4.90 Å². The topological polar surface area (TPSA) is 32.3 Å². The molecule has 3 heteroatoms. The Bertz CT molecular complexity index is 194. The van der Waals surface area contributed by atoms with Crippen LogP contribution in [0.1, 0.15) is 46.5 Å². The first-order valence-electron chi connectivity index (χ1n) is 5.81. The van der Waals surface area contributed by atoms with Gasteiger partial charge in [-0.25, -0.2) is 0 Å². The highest BCUT2D eigenvalue weighted by Gasteiger charge is 2.35. The minimum atomic E-state index is 0.0832. The minimum Gasteiger partial charge on any atom is -0.326 e. The normalized spacial score (nSPS) is 27.4. The molecular weight excluding hydrogens is 176 g/mol. The molecule has 2 unspecified atom stereocenters. The van der Waals surface area contributed by atoms with Gasteiger partial charge in [0.05, 0.1) is 12.2 Å². The number of nitrogens with zero attached hydrogens (tertiary/aromatic N) is 1. The predicted molar refractivity (Wildman–Crippen MR) is 57.9 cm³/mol. The fraction of sp³-hybridized carbons (Fsp3) is 0.909. The van der Waals surface area contributed by atoms with Gasteiger partial charge in [-0.3, -0.25) is 10.1 Å². The number of amides is 1. The fourth-order valence-electron chi connectivity index (χ4n) is 2.08. The highest BCUT2D eigenvalue weighted by Crippen LogP contribution is 2.16. The first-order valence-corrected chi connectivity index (χ1v) is 5.81. The largest absolute Gasteiger partial charge is 0.326 e. The molecule has 0 aromatic carbocycles. The number of carbonyl (C=O) groups excluding carboxylic acids is 1. The van der Waals surface area contributed by atoms with Crippen LogP contribution in [0.5, 0.6) is 0 Å². The lowest BCUT2D eigenvalue weighted by atomic mass is 10.1. The first kappa shape index (κ1) is 11.5. The predicted octanol–water partition coefficient (Wildman–Crippen LogP) is 1.73. The molecule has 1 saturated heterocycles. The monoisotopic (exact) mass is 198 g/mol. The average molecular weight is 198 g/mol. The summed E-state index contributed by atoms with van der Waals surface area (Å²) in [6, 6.07) is 0.0832. The lowest BCUT2D eigenvalue weighted by Crippen LogP contribution is -2.36. The van der Waals surface area contributed by atoms with Gasteiger partial charge in [0.25, 0.3) is 0 Å². The Labute approximate surface area is 86.9 Å². The van der Waals surface area contributed by atoms with E-state index in [9.17, 15) is 4.79 Å². The quantitative estimate of drug-likeness (QED) is 0.729. The Morgan fingerprint density at radius 3 is 2.50 bits per heavy atom. The molecule has 14 heavy (non-hydrogen) atoms. The summed E-state index contributed by atoms with van der Waals surface area (Å²) in [5.41, 5.74) is 0. The highest BCUT2D eigenvalue weighted by atomic mass is 16.2. The molecule has 0 aromatic rings. The van der Waals surface area contributed by atoms with E-state index in [1.54, 1.807) is 0 Å². The van der Waals surface area contributed by atoms with Crippen molar-refractivity contribution in [3.63, 3.8) is 0 Å². The van der Waals surface area contributed by atoms with E-state index in [1.807, 2.05) is 11.8 Å². The second kappa shape index (κ2) is 5.35. The van der Waals surface area contributed by atoms with Gasteiger partial charge in [0.15, 0.2) is 0 Å². The average Bonchev–Trinajstić information content (AvgIpc) is 2.51. The van der Waals surface area contributed by atoms with Crippen molar-refractivity contribution in [2.24, 2.45) is 0 Å². The maximum absolute atomic E-state index is 11.9. The number of unbranched alkanes of at least 4 members (excludes halogenated alkanes) is 1. The Morgan fingerprint density at radius 2 is 2.07 bits per heavy atom. The smallest absolute Gasteiger partial charge is 0.241 e. The van der Waals surface area contributed by atoms with Gasteiger partial charge in [-0.2, -0.15) is 0 Å². The number of hydrogen-bond donors (Lipinski definition) is 1. The van der Waals surface area contributed by atoms with Gasteiger partial charge >= 0.3 is 0 Å². The second-order valence-electron chi connectivity index (χ2n) is 3.91. The maximum atomic E-state index is 11.9. The third-order valence-electron chi connectivity index (χ3n) is 2.92. The van der Waals surface area contributed by atoms with Gasteiger partial charge in [-0.1, -0.05) is 26.7 Å². The van der Waals surface area contributed by atoms with Crippen LogP contribution in [-0.2, 0) is 4.79 Å². The molecule has 2 atom stereocenters. The molecule has 3 nitrogen and oxygen atoms in total. The van der Waals surface area contributed by atoms with E-state index >= 15 is 0 Å². The zero-order valence-corrected chi connectivity index (χ0v) is 9.55. The van der Waals surface area contributed by atoms with Crippen LogP contribution in [-0.4, -0.2) is 29.6 Å². The summed E-state index contributed by atoms with van der Waals surface area (Å²) in [7, 11) is 0. The fourth-order valence-corrected chi connectivity index (χ4v) is 2.08. The van der Waals surface area contributed by atoms with Gasteiger partial charge in [0.1, 0.15) is 0 Å². The summed E-state index contributed by atoms with van der Waals surface area (Å²) in [5.74, 6) is 0.299. The molecule has 1 amide bonds. The number of likely N-dealkylation sites (N-methyl/N-ethyl adjacent to an activating group) is 1. The molecule has 1 heterocycles. The van der Waals surface area contributed by atoms with E-state index in [0.717, 1.165) is 32.2 Å². The standard InChI is InChI=1S/C11H22N2O/c1-4-7-8-9-11(14)13(6-3)10(5-2)12-9/h9-10,12H,4-8H2,1-3H3. The zero-order chi connectivity index (χ0) is 10.6. The van der Waals surface area contributed by atoms with Crippen LogP contribution in [0.25, 0.3) is 0 Å². The number of carbonyl (C=O) groups is 1. The third kappa shape index (κ3) is 2.27. The van der Waals surface area contributed by atoms with Crippen molar-refractivity contribution in [3.8, 4) is 0 Å². The van der Waals surface area contributed by atoms with E-state index in [1.165, 1.54) is 0 Å². The molecule has 0 spiro atoms. The van der Waals surface area contributed by atoms with Gasteiger partial charge in [-0.15, -0.1) is 0 Å². The van der Waals surface area contributed by atoms with E-state index < -0.39 is 0 Å². The van der Waals surface area contributed by atoms with Crippen molar-refractivity contribution < 1.29 is 4.79 Å². The molecule has 0 bridgehead atoms. The Morgan fingerprint density at radius 1 is 1.36 bits per heavy atom. The number of rotatable bonds is 5. The van der Waals surface area contributed by atoms with Crippen LogP contribution in [0.3, 0.4) is 0 Å². The van der Waals surface area contributed by atoms with Crippen LogP contribution in [0.4, 0.5) is 0 Å². The first-order chi connectivity index (χ1) is 6.74. The molecule has 0 saturated carbocycles. The molecule has 82 valence electrons. The highest BCUT2D eigenvalue weighted by molar-refractivity contribution is 5.84. The van der Waals surface area contributed by atoms with Crippen LogP contribution < -0.4 is 5.32 Å². The van der Waals surface area contributed by atoms with Crippen molar-refractivity contribution in [2.75, 3.05) is 6.54 Å². The number of nitrogens with one attached hydrogen (secondary N) is 1. The van der Waals surface area contributed by atoms with Crippen LogP contribution >= 0.6 is 0 Å². The van der Waals surface area contributed by atoms with E-state index in [-0.39, 0.29) is 12.2 Å². The number of hydrogen-bond acceptors (Lipinski definition) is 2. The summed E-state index contributed by atoms with van der Waals surface area (Å²) in [6.07, 6.45) is 4.56. The Kier molecular flexibility index (Phi) is 4.39. The Hall–Kier alpha value is -0.570. The molecule has 0 aromatic heterocycles. The van der Waals surface area contributed by atoms with Crippen molar-refractivity contribution in [2.45, 2.75) is 58.7 Å². The lowest BCUT2D eigenvalue weighted by molar-refractivity contribution is -0.130. The molecule has 1 rings (SSSR count). The van der Waals surface area contributed by atoms with Gasteiger partial charge in [-0.05, 0) is 19.8 Å². The molecule has 1 fully saturated rings. The molecule has 0 aliphatic carbocycles. The summed E-state index contributed by atoms with van der Waals surface area (Å²) in [4.78, 5) is 13.8. The molecule has 1 N–H and O–H groups in total. The molecule has 1 aliphatic rings. The SMILES string of the molecule is CCCCC1NC(CC)N(CC)C1=O. The van der Waals surface area contributed by atoms with Crippen LogP contribution in [0, 0.1) is 0 Å². The Balaban J connectivity index is 2.52. The molecular formula is C11H22N2O. The second-order valence-corrected chi connectivity index (χ2v) is 3.91. The zero-order valence-electron chi connectivity index (χ0n) is 9.55.